The molecule has 3 aromatic rings. The lowest BCUT2D eigenvalue weighted by Gasteiger charge is -2.34. The van der Waals surface area contributed by atoms with Gasteiger partial charge in [-0.25, -0.2) is 4.79 Å². The summed E-state index contributed by atoms with van der Waals surface area (Å²) in [5.41, 5.74) is 4.84. The maximum atomic E-state index is 12.5. The van der Waals surface area contributed by atoms with Crippen molar-refractivity contribution in [1.82, 2.24) is 14.3 Å². The molecule has 0 saturated carbocycles. The normalized spacial score (nSPS) is 15.8. The van der Waals surface area contributed by atoms with Crippen molar-refractivity contribution >= 4 is 17.4 Å². The van der Waals surface area contributed by atoms with E-state index in [-0.39, 0.29) is 17.8 Å². The Morgan fingerprint density at radius 3 is 2.58 bits per heavy atom. The third-order valence-corrected chi connectivity index (χ3v) is 6.53. The van der Waals surface area contributed by atoms with Gasteiger partial charge < -0.3 is 14.0 Å². The van der Waals surface area contributed by atoms with Gasteiger partial charge >= 0.3 is 6.09 Å². The Hall–Kier alpha value is -3.15. The van der Waals surface area contributed by atoms with Gasteiger partial charge in [-0.2, -0.15) is 0 Å². The van der Waals surface area contributed by atoms with E-state index in [1.165, 1.54) is 5.69 Å². The summed E-state index contributed by atoms with van der Waals surface area (Å²) in [6, 6.07) is 9.74. The summed E-state index contributed by atoms with van der Waals surface area (Å²) in [4.78, 5) is 30.8. The molecule has 4 rings (SSSR count). The van der Waals surface area contributed by atoms with Crippen LogP contribution in [-0.4, -0.2) is 39.3 Å². The second kappa shape index (κ2) is 8.92. The highest BCUT2D eigenvalue weighted by Gasteiger charge is 2.31. The third-order valence-electron chi connectivity index (χ3n) is 6.53. The number of hydrogen-bond acceptors (Lipinski definition) is 4. The lowest BCUT2D eigenvalue weighted by Crippen LogP contribution is -2.39. The standard InChI is InChI=1S/C25H29N3O3/c1-17(24-18(2)23(19(3)29)22-15-26-11-14-28(22)24)21-9-12-27(13-10-21)25(30)31-16-20-7-5-4-6-8-20/h4-8,11,14-15,17,21H,9-10,12-13,16H2,1-3H3. The Balaban J connectivity index is 1.43. The van der Waals surface area contributed by atoms with Gasteiger partial charge in [0.05, 0.1) is 11.7 Å². The molecule has 0 spiro atoms. The van der Waals surface area contributed by atoms with E-state index in [4.69, 9.17) is 4.74 Å². The lowest BCUT2D eigenvalue weighted by atomic mass is 9.82. The van der Waals surface area contributed by atoms with Crippen LogP contribution >= 0.6 is 0 Å². The van der Waals surface area contributed by atoms with E-state index < -0.39 is 0 Å². The van der Waals surface area contributed by atoms with Crippen LogP contribution in [0.5, 0.6) is 0 Å². The minimum absolute atomic E-state index is 0.0671. The van der Waals surface area contributed by atoms with Gasteiger partial charge in [0.15, 0.2) is 5.78 Å². The number of hydrogen-bond donors (Lipinski definition) is 0. The zero-order chi connectivity index (χ0) is 22.0. The van der Waals surface area contributed by atoms with Gasteiger partial charge in [-0.05, 0) is 49.7 Å². The molecule has 6 heteroatoms. The summed E-state index contributed by atoms with van der Waals surface area (Å²) in [5, 5.41) is 0. The molecular formula is C25H29N3O3. The van der Waals surface area contributed by atoms with E-state index >= 15 is 0 Å². The molecular weight excluding hydrogens is 390 g/mol. The number of nitrogens with zero attached hydrogens (tertiary/aromatic N) is 3. The minimum Gasteiger partial charge on any atom is -0.445 e. The van der Waals surface area contributed by atoms with Crippen LogP contribution in [0.2, 0.25) is 0 Å². The van der Waals surface area contributed by atoms with Crippen LogP contribution in [-0.2, 0) is 11.3 Å². The smallest absolute Gasteiger partial charge is 0.410 e. The predicted molar refractivity (Wildman–Crippen MR) is 119 cm³/mol. The first kappa shape index (κ1) is 21.1. The maximum absolute atomic E-state index is 12.5. The molecule has 1 aliphatic rings. The van der Waals surface area contributed by atoms with E-state index in [1.807, 2.05) is 43.5 Å². The zero-order valence-corrected chi connectivity index (χ0v) is 18.4. The van der Waals surface area contributed by atoms with Gasteiger partial charge in [0, 0.05) is 36.7 Å². The number of amides is 1. The number of likely N-dealkylation sites (tertiary alicyclic amines) is 1. The fraction of sp³-hybridized carbons (Fsp3) is 0.400. The van der Waals surface area contributed by atoms with Gasteiger partial charge in [0.1, 0.15) is 6.61 Å². The summed E-state index contributed by atoms with van der Waals surface area (Å²) in [6.07, 6.45) is 7.05. The number of carbonyl (C=O) groups excluding carboxylic acids is 2. The molecule has 0 bridgehead atoms. The summed E-state index contributed by atoms with van der Waals surface area (Å²) >= 11 is 0. The highest BCUT2D eigenvalue weighted by Crippen LogP contribution is 2.37. The number of Topliss-reactive ketones (excluding diaryl/α,β-unsaturated/α-hetero) is 1. The van der Waals surface area contributed by atoms with Crippen molar-refractivity contribution in [3.8, 4) is 0 Å². The zero-order valence-electron chi connectivity index (χ0n) is 18.4. The molecule has 162 valence electrons. The van der Waals surface area contributed by atoms with Gasteiger partial charge in [-0.15, -0.1) is 0 Å². The number of piperidine rings is 1. The second-order valence-corrected chi connectivity index (χ2v) is 8.43. The summed E-state index contributed by atoms with van der Waals surface area (Å²) in [5.74, 6) is 0.769. The molecule has 1 unspecified atom stereocenters. The molecule has 31 heavy (non-hydrogen) atoms. The lowest BCUT2D eigenvalue weighted by molar-refractivity contribution is 0.0799. The van der Waals surface area contributed by atoms with E-state index in [1.54, 1.807) is 24.2 Å². The number of fused-ring (bicyclic) bond motifs is 1. The molecule has 3 heterocycles. The molecule has 1 amide bonds. The first-order chi connectivity index (χ1) is 15.0. The van der Waals surface area contributed by atoms with Crippen LogP contribution in [0.15, 0.2) is 48.9 Å². The van der Waals surface area contributed by atoms with E-state index in [0.717, 1.165) is 35.0 Å². The largest absolute Gasteiger partial charge is 0.445 e. The number of rotatable bonds is 5. The molecule has 0 radical (unpaired) electrons. The molecule has 1 saturated heterocycles. The predicted octanol–water partition coefficient (Wildman–Crippen LogP) is 5.00. The van der Waals surface area contributed by atoms with E-state index in [0.29, 0.717) is 25.6 Å². The number of ketones is 1. The second-order valence-electron chi connectivity index (χ2n) is 8.43. The summed E-state index contributed by atoms with van der Waals surface area (Å²) in [7, 11) is 0. The molecule has 0 aliphatic carbocycles. The quantitative estimate of drug-likeness (QED) is 0.546. The topological polar surface area (TPSA) is 63.9 Å². The molecule has 1 atom stereocenters. The van der Waals surface area contributed by atoms with Gasteiger partial charge in [-0.3, -0.25) is 9.78 Å². The first-order valence-corrected chi connectivity index (χ1v) is 10.9. The van der Waals surface area contributed by atoms with Crippen LogP contribution in [0.1, 0.15) is 59.8 Å². The summed E-state index contributed by atoms with van der Waals surface area (Å²) < 4.78 is 7.61. The number of benzene rings is 1. The highest BCUT2D eigenvalue weighted by atomic mass is 16.6. The molecule has 1 aliphatic heterocycles. The SMILES string of the molecule is CC(=O)c1c(C)c(C(C)C2CCN(C(=O)OCc3ccccc3)CC2)n2ccncc12. The number of carbonyl (C=O) groups is 2. The van der Waals surface area contributed by atoms with Crippen molar-refractivity contribution in [2.75, 3.05) is 13.1 Å². The van der Waals surface area contributed by atoms with Crippen LogP contribution < -0.4 is 0 Å². The molecule has 1 aromatic carbocycles. The summed E-state index contributed by atoms with van der Waals surface area (Å²) in [6.45, 7) is 7.55. The number of ether oxygens (including phenoxy) is 1. The Morgan fingerprint density at radius 1 is 1.19 bits per heavy atom. The Labute approximate surface area is 182 Å². The highest BCUT2D eigenvalue weighted by molar-refractivity contribution is 6.03. The average Bonchev–Trinajstić information content (AvgIpc) is 3.09. The van der Waals surface area contributed by atoms with Crippen LogP contribution in [0, 0.1) is 12.8 Å². The molecule has 2 aromatic heterocycles. The van der Waals surface area contributed by atoms with Crippen molar-refractivity contribution in [3.05, 3.63) is 71.3 Å². The number of aromatic nitrogens is 2. The van der Waals surface area contributed by atoms with Gasteiger partial charge in [0.2, 0.25) is 0 Å². The molecule has 6 nitrogen and oxygen atoms in total. The Kier molecular flexibility index (Phi) is 6.07. The Bertz CT molecular complexity index is 1080. The average molecular weight is 420 g/mol. The minimum atomic E-state index is -0.246. The molecule has 1 fully saturated rings. The van der Waals surface area contributed by atoms with E-state index in [9.17, 15) is 9.59 Å². The fourth-order valence-electron chi connectivity index (χ4n) is 4.88. The van der Waals surface area contributed by atoms with Crippen molar-refractivity contribution in [1.29, 1.82) is 0 Å². The van der Waals surface area contributed by atoms with Crippen LogP contribution in [0.25, 0.3) is 5.52 Å². The molecule has 0 N–H and O–H groups in total. The first-order valence-electron chi connectivity index (χ1n) is 10.9. The van der Waals surface area contributed by atoms with Crippen molar-refractivity contribution < 1.29 is 14.3 Å². The maximum Gasteiger partial charge on any atom is 0.410 e. The monoisotopic (exact) mass is 419 g/mol. The van der Waals surface area contributed by atoms with Crippen LogP contribution in [0.3, 0.4) is 0 Å². The Morgan fingerprint density at radius 2 is 1.90 bits per heavy atom. The third kappa shape index (κ3) is 4.20. The van der Waals surface area contributed by atoms with Crippen molar-refractivity contribution in [2.45, 2.75) is 46.1 Å². The van der Waals surface area contributed by atoms with E-state index in [2.05, 4.69) is 16.3 Å². The van der Waals surface area contributed by atoms with Gasteiger partial charge in [0.25, 0.3) is 0 Å². The van der Waals surface area contributed by atoms with Crippen molar-refractivity contribution in [2.24, 2.45) is 5.92 Å². The van der Waals surface area contributed by atoms with Gasteiger partial charge in [-0.1, -0.05) is 37.3 Å². The van der Waals surface area contributed by atoms with Crippen molar-refractivity contribution in [3.63, 3.8) is 0 Å². The fourth-order valence-corrected chi connectivity index (χ4v) is 4.88. The van der Waals surface area contributed by atoms with Crippen LogP contribution in [0.4, 0.5) is 4.79 Å².